The van der Waals surface area contributed by atoms with E-state index in [2.05, 4.69) is 20.9 Å². The standard InChI is InChI=1S/C8H7BrClNO/c1-5(9)8(12)6-2-3-11-7(10)4-6/h2-5H,1H3/t5-/m0/s1. The van der Waals surface area contributed by atoms with Crippen molar-refractivity contribution in [2.45, 2.75) is 11.8 Å². The number of aromatic nitrogens is 1. The summed E-state index contributed by atoms with van der Waals surface area (Å²) >= 11 is 8.80. The van der Waals surface area contributed by atoms with Gasteiger partial charge in [-0.15, -0.1) is 0 Å². The van der Waals surface area contributed by atoms with Gasteiger partial charge in [0.05, 0.1) is 4.83 Å². The molecule has 0 saturated heterocycles. The SMILES string of the molecule is C[C@H](Br)C(=O)c1ccnc(Cl)c1. The first-order valence-electron chi connectivity index (χ1n) is 3.41. The van der Waals surface area contributed by atoms with Gasteiger partial charge >= 0.3 is 0 Å². The van der Waals surface area contributed by atoms with Crippen LogP contribution < -0.4 is 0 Å². The number of hydrogen-bond acceptors (Lipinski definition) is 2. The number of halogens is 2. The number of alkyl halides is 1. The number of Topliss-reactive ketones (excluding diaryl/α,β-unsaturated/α-hetero) is 1. The van der Waals surface area contributed by atoms with Crippen molar-refractivity contribution in [3.63, 3.8) is 0 Å². The topological polar surface area (TPSA) is 30.0 Å². The van der Waals surface area contributed by atoms with Crippen molar-refractivity contribution < 1.29 is 4.79 Å². The molecule has 2 nitrogen and oxygen atoms in total. The molecule has 0 amide bonds. The third-order valence-corrected chi connectivity index (χ3v) is 1.99. The maximum Gasteiger partial charge on any atom is 0.176 e. The quantitative estimate of drug-likeness (QED) is 0.458. The van der Waals surface area contributed by atoms with E-state index < -0.39 is 0 Å². The molecule has 64 valence electrons. The second kappa shape index (κ2) is 4.01. The summed E-state index contributed by atoms with van der Waals surface area (Å²) in [7, 11) is 0. The second-order valence-corrected chi connectivity index (χ2v) is 4.11. The van der Waals surface area contributed by atoms with Crippen LogP contribution in [0.5, 0.6) is 0 Å². The zero-order valence-electron chi connectivity index (χ0n) is 6.42. The smallest absolute Gasteiger partial charge is 0.176 e. The lowest BCUT2D eigenvalue weighted by atomic mass is 10.1. The highest BCUT2D eigenvalue weighted by Gasteiger charge is 2.11. The average molecular weight is 249 g/mol. The van der Waals surface area contributed by atoms with Gasteiger partial charge in [-0.1, -0.05) is 27.5 Å². The van der Waals surface area contributed by atoms with Gasteiger partial charge in [0.1, 0.15) is 5.15 Å². The van der Waals surface area contributed by atoms with Crippen molar-refractivity contribution in [1.82, 2.24) is 4.98 Å². The Morgan fingerprint density at radius 3 is 2.92 bits per heavy atom. The van der Waals surface area contributed by atoms with Crippen molar-refractivity contribution >= 4 is 33.3 Å². The van der Waals surface area contributed by atoms with E-state index in [4.69, 9.17) is 11.6 Å². The first-order valence-corrected chi connectivity index (χ1v) is 4.70. The molecule has 0 aromatic carbocycles. The van der Waals surface area contributed by atoms with Crippen LogP contribution in [-0.4, -0.2) is 15.6 Å². The number of rotatable bonds is 2. The predicted octanol–water partition coefficient (Wildman–Crippen LogP) is 2.70. The van der Waals surface area contributed by atoms with E-state index in [1.807, 2.05) is 0 Å². The molecule has 0 N–H and O–H groups in total. The van der Waals surface area contributed by atoms with E-state index in [-0.39, 0.29) is 10.6 Å². The maximum atomic E-state index is 11.4. The van der Waals surface area contributed by atoms with Crippen LogP contribution in [0.2, 0.25) is 5.15 Å². The Morgan fingerprint density at radius 2 is 2.42 bits per heavy atom. The van der Waals surface area contributed by atoms with E-state index in [1.54, 1.807) is 19.1 Å². The predicted molar refractivity (Wildman–Crippen MR) is 52.0 cm³/mol. The lowest BCUT2D eigenvalue weighted by Crippen LogP contribution is -2.09. The highest BCUT2D eigenvalue weighted by Crippen LogP contribution is 2.12. The number of nitrogens with zero attached hydrogens (tertiary/aromatic N) is 1. The monoisotopic (exact) mass is 247 g/mol. The molecule has 12 heavy (non-hydrogen) atoms. The molecule has 1 aromatic rings. The van der Waals surface area contributed by atoms with Gasteiger partial charge in [0.25, 0.3) is 0 Å². The second-order valence-electron chi connectivity index (χ2n) is 2.35. The highest BCUT2D eigenvalue weighted by molar-refractivity contribution is 9.10. The number of carbonyl (C=O) groups excluding carboxylic acids is 1. The summed E-state index contributed by atoms with van der Waals surface area (Å²) in [4.78, 5) is 15.0. The minimum absolute atomic E-state index is 0.0132. The van der Waals surface area contributed by atoms with Gasteiger partial charge in [0.15, 0.2) is 5.78 Å². The molecule has 0 radical (unpaired) electrons. The van der Waals surface area contributed by atoms with Crippen molar-refractivity contribution in [2.24, 2.45) is 0 Å². The largest absolute Gasteiger partial charge is 0.293 e. The molecule has 0 saturated carbocycles. The zero-order valence-corrected chi connectivity index (χ0v) is 8.76. The third-order valence-electron chi connectivity index (χ3n) is 1.37. The Bertz CT molecular complexity index is 301. The molecule has 1 heterocycles. The molecule has 0 aliphatic carbocycles. The van der Waals surface area contributed by atoms with Crippen molar-refractivity contribution in [2.75, 3.05) is 0 Å². The van der Waals surface area contributed by atoms with Crippen LogP contribution in [0.4, 0.5) is 0 Å². The molecule has 1 rings (SSSR count). The van der Waals surface area contributed by atoms with Gasteiger partial charge in [0, 0.05) is 11.8 Å². The molecule has 0 fully saturated rings. The van der Waals surface area contributed by atoms with Crippen molar-refractivity contribution in [1.29, 1.82) is 0 Å². The minimum Gasteiger partial charge on any atom is -0.293 e. The molecule has 0 unspecified atom stereocenters. The Labute approximate surface area is 84.1 Å². The number of ketones is 1. The van der Waals surface area contributed by atoms with Gasteiger partial charge in [-0.3, -0.25) is 4.79 Å². The van der Waals surface area contributed by atoms with Crippen LogP contribution in [0.1, 0.15) is 17.3 Å². The van der Waals surface area contributed by atoms with Gasteiger partial charge in [-0.25, -0.2) is 4.98 Å². The lowest BCUT2D eigenvalue weighted by Gasteiger charge is -2.01. The summed E-state index contributed by atoms with van der Waals surface area (Å²) in [6.45, 7) is 1.77. The van der Waals surface area contributed by atoms with Crippen LogP contribution in [0.3, 0.4) is 0 Å². The molecule has 0 aliphatic rings. The summed E-state index contributed by atoms with van der Waals surface area (Å²) in [5, 5.41) is 0.342. The minimum atomic E-state index is -0.184. The van der Waals surface area contributed by atoms with Crippen molar-refractivity contribution in [3.8, 4) is 0 Å². The molecular weight excluding hydrogens is 241 g/mol. The van der Waals surface area contributed by atoms with Crippen LogP contribution >= 0.6 is 27.5 Å². The molecule has 0 spiro atoms. The first-order chi connectivity index (χ1) is 5.61. The molecule has 1 aromatic heterocycles. The molecule has 4 heteroatoms. The maximum absolute atomic E-state index is 11.4. The molecule has 1 atom stereocenters. The van der Waals surface area contributed by atoms with Gasteiger partial charge in [0.2, 0.25) is 0 Å². The van der Waals surface area contributed by atoms with E-state index in [1.165, 1.54) is 6.20 Å². The van der Waals surface area contributed by atoms with Gasteiger partial charge < -0.3 is 0 Å². The van der Waals surface area contributed by atoms with E-state index in [9.17, 15) is 4.79 Å². The number of pyridine rings is 1. The Kier molecular flexibility index (Phi) is 3.23. The van der Waals surface area contributed by atoms with Crippen LogP contribution in [0, 0.1) is 0 Å². The molecule has 0 bridgehead atoms. The van der Waals surface area contributed by atoms with Crippen LogP contribution in [-0.2, 0) is 0 Å². The summed E-state index contributed by atoms with van der Waals surface area (Å²) in [6, 6.07) is 3.20. The van der Waals surface area contributed by atoms with Crippen LogP contribution in [0.25, 0.3) is 0 Å². The lowest BCUT2D eigenvalue weighted by molar-refractivity contribution is 0.0996. The number of carbonyl (C=O) groups is 1. The highest BCUT2D eigenvalue weighted by atomic mass is 79.9. The molecular formula is C8H7BrClNO. The summed E-state index contributed by atoms with van der Waals surface area (Å²) in [5.74, 6) is 0.0132. The summed E-state index contributed by atoms with van der Waals surface area (Å²) in [5.41, 5.74) is 0.583. The van der Waals surface area contributed by atoms with E-state index in [0.717, 1.165) is 0 Å². The third kappa shape index (κ3) is 2.29. The van der Waals surface area contributed by atoms with Crippen molar-refractivity contribution in [3.05, 3.63) is 29.0 Å². The van der Waals surface area contributed by atoms with E-state index >= 15 is 0 Å². The zero-order chi connectivity index (χ0) is 9.14. The Balaban J connectivity index is 2.96. The van der Waals surface area contributed by atoms with Crippen LogP contribution in [0.15, 0.2) is 18.3 Å². The Hall–Kier alpha value is -0.410. The normalized spacial score (nSPS) is 12.6. The van der Waals surface area contributed by atoms with E-state index in [0.29, 0.717) is 10.7 Å². The summed E-state index contributed by atoms with van der Waals surface area (Å²) in [6.07, 6.45) is 1.52. The fourth-order valence-corrected chi connectivity index (χ4v) is 1.22. The number of hydrogen-bond donors (Lipinski definition) is 0. The fraction of sp³-hybridized carbons (Fsp3) is 0.250. The Morgan fingerprint density at radius 1 is 1.75 bits per heavy atom. The first kappa shape index (κ1) is 9.68. The molecule has 0 aliphatic heterocycles. The average Bonchev–Trinajstić information content (AvgIpc) is 2.03. The van der Waals surface area contributed by atoms with Gasteiger partial charge in [-0.2, -0.15) is 0 Å². The van der Waals surface area contributed by atoms with Gasteiger partial charge in [-0.05, 0) is 19.1 Å². The summed E-state index contributed by atoms with van der Waals surface area (Å²) < 4.78 is 0. The fourth-order valence-electron chi connectivity index (χ4n) is 0.785.